The fraction of sp³-hybridized carbons (Fsp3) is 0.727. The molecule has 0 amide bonds. The zero-order valence-electron chi connectivity index (χ0n) is 15.3. The molecule has 0 aromatic heterocycles. The van der Waals surface area contributed by atoms with Crippen LogP contribution in [0.15, 0.2) is 23.8 Å². The monoisotopic (exact) mass is 342 g/mol. The molecule has 0 spiro atoms. The van der Waals surface area contributed by atoms with Crippen LogP contribution < -0.4 is 0 Å². The Labute approximate surface area is 150 Å². The van der Waals surface area contributed by atoms with Gasteiger partial charge in [-0.1, -0.05) is 44.4 Å². The summed E-state index contributed by atoms with van der Waals surface area (Å²) in [6.45, 7) is 2.60. The zero-order valence-corrected chi connectivity index (χ0v) is 15.3. The van der Waals surface area contributed by atoms with Crippen molar-refractivity contribution in [3.05, 3.63) is 23.8 Å². The van der Waals surface area contributed by atoms with Crippen molar-refractivity contribution in [3.63, 3.8) is 0 Å². The van der Waals surface area contributed by atoms with E-state index in [4.69, 9.17) is 4.74 Å². The first-order valence-electron chi connectivity index (χ1n) is 10.2. The predicted molar refractivity (Wildman–Crippen MR) is 96.7 cm³/mol. The molecule has 4 aliphatic rings. The lowest BCUT2D eigenvalue weighted by Gasteiger charge is -2.34. The number of esters is 1. The van der Waals surface area contributed by atoms with Gasteiger partial charge in [-0.05, 0) is 54.9 Å². The molecule has 1 saturated heterocycles. The number of ketones is 1. The quantitative estimate of drug-likeness (QED) is 0.482. The fourth-order valence-corrected chi connectivity index (χ4v) is 5.67. The fourth-order valence-electron chi connectivity index (χ4n) is 5.67. The molecule has 0 aromatic rings. The van der Waals surface area contributed by atoms with Crippen molar-refractivity contribution in [3.8, 4) is 0 Å². The highest BCUT2D eigenvalue weighted by atomic mass is 16.5. The van der Waals surface area contributed by atoms with E-state index in [1.807, 2.05) is 0 Å². The van der Waals surface area contributed by atoms with Crippen molar-refractivity contribution in [1.82, 2.24) is 0 Å². The molecule has 4 rings (SSSR count). The van der Waals surface area contributed by atoms with Crippen LogP contribution in [0.1, 0.15) is 58.3 Å². The standard InChI is InChI=1S/C22H30O3/c1-14-6-3-2-4-11-25-21(23)13-19-17-10-9-15-7-5-8-16(15)18(17)12-20(19)22(14)24/h9-10,12,14-19H,2-8,11,13H2,1H3. The Morgan fingerprint density at radius 1 is 0.960 bits per heavy atom. The van der Waals surface area contributed by atoms with Crippen LogP contribution in [0.3, 0.4) is 0 Å². The third kappa shape index (κ3) is 3.22. The number of carbonyl (C=O) groups excluding carboxylic acids is 2. The molecule has 6 unspecified atom stereocenters. The second-order valence-electron chi connectivity index (χ2n) is 8.57. The Morgan fingerprint density at radius 2 is 1.84 bits per heavy atom. The van der Waals surface area contributed by atoms with Gasteiger partial charge in [-0.15, -0.1) is 0 Å². The number of allylic oxidation sites excluding steroid dienone is 4. The first kappa shape index (κ1) is 17.1. The highest BCUT2D eigenvalue weighted by molar-refractivity contribution is 5.98. The van der Waals surface area contributed by atoms with Gasteiger partial charge in [0.25, 0.3) is 0 Å². The predicted octanol–water partition coefficient (Wildman–Crippen LogP) is 4.47. The molecule has 0 aromatic carbocycles. The average molecular weight is 342 g/mol. The van der Waals surface area contributed by atoms with E-state index >= 15 is 0 Å². The highest BCUT2D eigenvalue weighted by Gasteiger charge is 2.47. The summed E-state index contributed by atoms with van der Waals surface area (Å²) in [5.74, 6) is 2.39. The maximum absolute atomic E-state index is 13.1. The van der Waals surface area contributed by atoms with Gasteiger partial charge in [-0.3, -0.25) is 9.59 Å². The van der Waals surface area contributed by atoms with Crippen molar-refractivity contribution in [2.75, 3.05) is 6.61 Å². The van der Waals surface area contributed by atoms with Crippen LogP contribution in [0, 0.1) is 35.5 Å². The molecule has 0 radical (unpaired) electrons. The molecule has 1 aliphatic heterocycles. The van der Waals surface area contributed by atoms with Gasteiger partial charge in [-0.25, -0.2) is 0 Å². The molecular formula is C22H30O3. The number of hydrogen-bond acceptors (Lipinski definition) is 3. The number of carbonyl (C=O) groups is 2. The zero-order chi connectivity index (χ0) is 17.4. The molecule has 25 heavy (non-hydrogen) atoms. The van der Waals surface area contributed by atoms with Crippen LogP contribution in [0.25, 0.3) is 0 Å². The van der Waals surface area contributed by atoms with Crippen molar-refractivity contribution in [2.24, 2.45) is 35.5 Å². The molecule has 3 heteroatoms. The first-order valence-corrected chi connectivity index (χ1v) is 10.2. The number of hydrogen-bond donors (Lipinski definition) is 0. The van der Waals surface area contributed by atoms with E-state index in [0.717, 1.165) is 31.3 Å². The topological polar surface area (TPSA) is 43.4 Å². The first-order chi connectivity index (χ1) is 12.1. The van der Waals surface area contributed by atoms with Gasteiger partial charge < -0.3 is 4.74 Å². The maximum atomic E-state index is 13.1. The lowest BCUT2D eigenvalue weighted by Crippen LogP contribution is -2.30. The Hall–Kier alpha value is -1.38. The van der Waals surface area contributed by atoms with Crippen LogP contribution in [0.2, 0.25) is 0 Å². The van der Waals surface area contributed by atoms with Gasteiger partial charge in [0, 0.05) is 11.8 Å². The van der Waals surface area contributed by atoms with Crippen molar-refractivity contribution >= 4 is 11.8 Å². The van der Waals surface area contributed by atoms with Crippen molar-refractivity contribution in [1.29, 1.82) is 0 Å². The molecule has 3 aliphatic carbocycles. The van der Waals surface area contributed by atoms with Crippen LogP contribution >= 0.6 is 0 Å². The Balaban J connectivity index is 1.64. The van der Waals surface area contributed by atoms with Crippen LogP contribution in [0.5, 0.6) is 0 Å². The summed E-state index contributed by atoms with van der Waals surface area (Å²) in [4.78, 5) is 25.5. The van der Waals surface area contributed by atoms with E-state index in [1.54, 1.807) is 0 Å². The average Bonchev–Trinajstić information content (AvgIpc) is 3.20. The Morgan fingerprint density at radius 3 is 2.72 bits per heavy atom. The Bertz CT molecular complexity index is 602. The molecule has 1 heterocycles. The van der Waals surface area contributed by atoms with Gasteiger partial charge in [0.15, 0.2) is 5.78 Å². The van der Waals surface area contributed by atoms with Gasteiger partial charge >= 0.3 is 5.97 Å². The van der Waals surface area contributed by atoms with E-state index in [1.165, 1.54) is 19.3 Å². The smallest absolute Gasteiger partial charge is 0.306 e. The highest BCUT2D eigenvalue weighted by Crippen LogP contribution is 2.53. The van der Waals surface area contributed by atoms with Crippen molar-refractivity contribution in [2.45, 2.75) is 58.3 Å². The molecule has 1 saturated carbocycles. The van der Waals surface area contributed by atoms with Crippen molar-refractivity contribution < 1.29 is 14.3 Å². The largest absolute Gasteiger partial charge is 0.466 e. The number of fused-ring (bicyclic) bond motifs is 5. The number of ether oxygens (including phenoxy) is 1. The van der Waals surface area contributed by atoms with Gasteiger partial charge in [0.05, 0.1) is 13.0 Å². The molecule has 0 bridgehead atoms. The summed E-state index contributed by atoms with van der Waals surface area (Å²) in [6.07, 6.45) is 15.1. The van der Waals surface area contributed by atoms with E-state index < -0.39 is 0 Å². The maximum Gasteiger partial charge on any atom is 0.306 e. The van der Waals surface area contributed by atoms with Crippen LogP contribution in [0.4, 0.5) is 0 Å². The number of rotatable bonds is 0. The summed E-state index contributed by atoms with van der Waals surface area (Å²) in [6, 6.07) is 0. The third-order valence-corrected chi connectivity index (χ3v) is 7.04. The van der Waals surface area contributed by atoms with Crippen LogP contribution in [-0.2, 0) is 14.3 Å². The normalized spacial score (nSPS) is 41.7. The van der Waals surface area contributed by atoms with Gasteiger partial charge in [0.1, 0.15) is 0 Å². The molecule has 2 fully saturated rings. The third-order valence-electron chi connectivity index (χ3n) is 7.04. The van der Waals surface area contributed by atoms with E-state index in [-0.39, 0.29) is 23.6 Å². The SMILES string of the molecule is CC1CCCCCOC(=O)CC2C(=CC3C2C=CC2CCCC23)C1=O. The summed E-state index contributed by atoms with van der Waals surface area (Å²) in [7, 11) is 0. The number of Topliss-reactive ketones (excluding diaryl/α,β-unsaturated/α-hetero) is 1. The summed E-state index contributed by atoms with van der Waals surface area (Å²) in [5.41, 5.74) is 0.942. The second kappa shape index (κ2) is 7.09. The van der Waals surface area contributed by atoms with E-state index in [0.29, 0.717) is 36.7 Å². The van der Waals surface area contributed by atoms with Gasteiger partial charge in [-0.2, -0.15) is 0 Å². The summed E-state index contributed by atoms with van der Waals surface area (Å²) >= 11 is 0. The van der Waals surface area contributed by atoms with Crippen LogP contribution in [-0.4, -0.2) is 18.4 Å². The van der Waals surface area contributed by atoms with E-state index in [9.17, 15) is 9.59 Å². The minimum atomic E-state index is -0.125. The Kier molecular flexibility index (Phi) is 4.84. The minimum Gasteiger partial charge on any atom is -0.466 e. The van der Waals surface area contributed by atoms with Gasteiger partial charge in [0.2, 0.25) is 0 Å². The lowest BCUT2D eigenvalue weighted by atomic mass is 9.70. The van der Waals surface area contributed by atoms with E-state index in [2.05, 4.69) is 25.2 Å². The molecule has 3 nitrogen and oxygen atoms in total. The number of cyclic esters (lactones) is 1. The molecule has 0 N–H and O–H groups in total. The molecular weight excluding hydrogens is 312 g/mol. The summed E-state index contributed by atoms with van der Waals surface area (Å²) < 4.78 is 5.45. The summed E-state index contributed by atoms with van der Waals surface area (Å²) in [5, 5.41) is 0. The molecule has 136 valence electrons. The lowest BCUT2D eigenvalue weighted by molar-refractivity contribution is -0.145. The molecule has 6 atom stereocenters. The second-order valence-corrected chi connectivity index (χ2v) is 8.57. The minimum absolute atomic E-state index is 0.0321.